The number of hydrazone groups is 1. The van der Waals surface area contributed by atoms with E-state index < -0.39 is 0 Å². The third-order valence-electron chi connectivity index (χ3n) is 4.03. The zero-order chi connectivity index (χ0) is 18.6. The van der Waals surface area contributed by atoms with Crippen LogP contribution in [0.25, 0.3) is 21.3 Å². The van der Waals surface area contributed by atoms with E-state index in [1.807, 2.05) is 48.5 Å². The molecule has 0 aliphatic carbocycles. The summed E-state index contributed by atoms with van der Waals surface area (Å²) in [6.45, 7) is 0. The summed E-state index contributed by atoms with van der Waals surface area (Å²) in [4.78, 5) is 9.63. The maximum Gasteiger partial charge on any atom is 0.159 e. The Hall–Kier alpha value is -2.96. The molecule has 0 amide bonds. The van der Waals surface area contributed by atoms with Crippen molar-refractivity contribution < 1.29 is 4.74 Å². The number of rotatable bonds is 5. The fourth-order valence-corrected chi connectivity index (χ4v) is 3.70. The van der Waals surface area contributed by atoms with Gasteiger partial charge in [0.15, 0.2) is 5.82 Å². The van der Waals surface area contributed by atoms with Gasteiger partial charge in [0.05, 0.1) is 18.7 Å². The number of fused-ring (bicyclic) bond motifs is 1. The number of thiophene rings is 1. The van der Waals surface area contributed by atoms with Crippen LogP contribution >= 0.6 is 22.9 Å². The van der Waals surface area contributed by atoms with Gasteiger partial charge in [-0.3, -0.25) is 5.43 Å². The summed E-state index contributed by atoms with van der Waals surface area (Å²) in [5.41, 5.74) is 6.10. The van der Waals surface area contributed by atoms with Gasteiger partial charge in [-0.05, 0) is 47.5 Å². The minimum absolute atomic E-state index is 0.663. The first kappa shape index (κ1) is 17.5. The van der Waals surface area contributed by atoms with E-state index in [1.54, 1.807) is 24.7 Å². The maximum atomic E-state index is 6.01. The van der Waals surface area contributed by atoms with Crippen LogP contribution in [0.5, 0.6) is 5.75 Å². The summed E-state index contributed by atoms with van der Waals surface area (Å²) in [5, 5.41) is 8.04. The van der Waals surface area contributed by atoms with Crippen LogP contribution in [0.15, 0.2) is 65.3 Å². The number of aromatic nitrogens is 2. The van der Waals surface area contributed by atoms with Crippen molar-refractivity contribution in [2.75, 3.05) is 12.5 Å². The van der Waals surface area contributed by atoms with Crippen LogP contribution in [0.4, 0.5) is 5.82 Å². The first-order chi connectivity index (χ1) is 13.2. The average Bonchev–Trinajstić information content (AvgIpc) is 3.14. The Bertz CT molecular complexity index is 1090. The van der Waals surface area contributed by atoms with Gasteiger partial charge in [0, 0.05) is 16.0 Å². The zero-order valence-electron chi connectivity index (χ0n) is 14.4. The lowest BCUT2D eigenvalue weighted by molar-refractivity contribution is 0.415. The van der Waals surface area contributed by atoms with Crippen LogP contribution in [0.2, 0.25) is 5.02 Å². The first-order valence-corrected chi connectivity index (χ1v) is 9.41. The van der Waals surface area contributed by atoms with Gasteiger partial charge in [0.1, 0.15) is 16.9 Å². The zero-order valence-corrected chi connectivity index (χ0v) is 16.0. The van der Waals surface area contributed by atoms with E-state index in [1.165, 1.54) is 6.33 Å². The van der Waals surface area contributed by atoms with Gasteiger partial charge in [-0.2, -0.15) is 5.10 Å². The molecule has 0 atom stereocenters. The Morgan fingerprint density at radius 1 is 1.07 bits per heavy atom. The number of ether oxygens (including phenoxy) is 1. The Morgan fingerprint density at radius 2 is 1.85 bits per heavy atom. The van der Waals surface area contributed by atoms with Crippen molar-refractivity contribution in [3.63, 3.8) is 0 Å². The molecule has 1 N–H and O–H groups in total. The van der Waals surface area contributed by atoms with Crippen molar-refractivity contribution in [2.45, 2.75) is 0 Å². The smallest absolute Gasteiger partial charge is 0.159 e. The van der Waals surface area contributed by atoms with E-state index >= 15 is 0 Å². The minimum atomic E-state index is 0.663. The van der Waals surface area contributed by atoms with E-state index in [2.05, 4.69) is 25.9 Å². The number of hydrogen-bond donors (Lipinski definition) is 1. The van der Waals surface area contributed by atoms with Crippen LogP contribution in [-0.2, 0) is 0 Å². The molecule has 7 heteroatoms. The van der Waals surface area contributed by atoms with Gasteiger partial charge in [-0.15, -0.1) is 11.3 Å². The minimum Gasteiger partial charge on any atom is -0.497 e. The molecule has 0 saturated heterocycles. The highest BCUT2D eigenvalue weighted by Crippen LogP contribution is 2.36. The summed E-state index contributed by atoms with van der Waals surface area (Å²) >= 11 is 7.58. The van der Waals surface area contributed by atoms with Crippen molar-refractivity contribution in [3.8, 4) is 16.9 Å². The van der Waals surface area contributed by atoms with Crippen molar-refractivity contribution in [1.29, 1.82) is 0 Å². The summed E-state index contributed by atoms with van der Waals surface area (Å²) in [5.74, 6) is 1.47. The van der Waals surface area contributed by atoms with Gasteiger partial charge < -0.3 is 4.74 Å². The Kier molecular flexibility index (Phi) is 5.00. The largest absolute Gasteiger partial charge is 0.497 e. The number of nitrogens with one attached hydrogen (secondary N) is 1. The molecule has 0 aliphatic heterocycles. The molecular formula is C20H15ClN4OS. The highest BCUT2D eigenvalue weighted by molar-refractivity contribution is 7.17. The molecule has 134 valence electrons. The van der Waals surface area contributed by atoms with Gasteiger partial charge in [0.2, 0.25) is 0 Å². The second kappa shape index (κ2) is 7.73. The highest BCUT2D eigenvalue weighted by atomic mass is 35.5. The van der Waals surface area contributed by atoms with Crippen LogP contribution in [0, 0.1) is 0 Å². The predicted octanol–water partition coefficient (Wildman–Crippen LogP) is 5.47. The Morgan fingerprint density at radius 3 is 2.59 bits per heavy atom. The van der Waals surface area contributed by atoms with E-state index in [4.69, 9.17) is 16.3 Å². The molecule has 0 bridgehead atoms. The van der Waals surface area contributed by atoms with E-state index in [-0.39, 0.29) is 0 Å². The topological polar surface area (TPSA) is 59.4 Å². The lowest BCUT2D eigenvalue weighted by atomic mass is 10.1. The molecule has 0 fully saturated rings. The third kappa shape index (κ3) is 3.77. The van der Waals surface area contributed by atoms with Gasteiger partial charge in [-0.1, -0.05) is 23.7 Å². The van der Waals surface area contributed by atoms with Crippen molar-refractivity contribution in [1.82, 2.24) is 9.97 Å². The molecule has 2 aromatic carbocycles. The summed E-state index contributed by atoms with van der Waals surface area (Å²) in [6, 6.07) is 15.4. The number of methoxy groups -OCH3 is 1. The SMILES string of the molecule is COc1ccc(/C=N/Nc2ncnc3scc(-c4ccc(Cl)cc4)c23)cc1. The van der Waals surface area contributed by atoms with Crippen LogP contribution in [0.1, 0.15) is 5.56 Å². The van der Waals surface area contributed by atoms with Crippen LogP contribution < -0.4 is 10.2 Å². The number of halogens is 1. The van der Waals surface area contributed by atoms with E-state index in [0.29, 0.717) is 10.8 Å². The van der Waals surface area contributed by atoms with Crippen LogP contribution in [-0.4, -0.2) is 23.3 Å². The first-order valence-electron chi connectivity index (χ1n) is 8.16. The number of nitrogens with zero attached hydrogens (tertiary/aromatic N) is 3. The average molecular weight is 395 g/mol. The molecule has 0 saturated carbocycles. The second-order valence-electron chi connectivity index (χ2n) is 5.70. The lowest BCUT2D eigenvalue weighted by Gasteiger charge is -2.05. The monoisotopic (exact) mass is 394 g/mol. The number of hydrogen-bond acceptors (Lipinski definition) is 6. The predicted molar refractivity (Wildman–Crippen MR) is 112 cm³/mol. The summed E-state index contributed by atoms with van der Waals surface area (Å²) < 4.78 is 5.16. The third-order valence-corrected chi connectivity index (χ3v) is 5.16. The molecule has 5 nitrogen and oxygen atoms in total. The van der Waals surface area contributed by atoms with Crippen molar-refractivity contribution in [3.05, 3.63) is 70.8 Å². The van der Waals surface area contributed by atoms with Crippen molar-refractivity contribution in [2.24, 2.45) is 5.10 Å². The summed E-state index contributed by atoms with van der Waals surface area (Å²) in [6.07, 6.45) is 3.28. The Labute approximate surface area is 165 Å². The molecule has 0 radical (unpaired) electrons. The highest BCUT2D eigenvalue weighted by Gasteiger charge is 2.12. The second-order valence-corrected chi connectivity index (χ2v) is 7.00. The quantitative estimate of drug-likeness (QED) is 0.360. The lowest BCUT2D eigenvalue weighted by Crippen LogP contribution is -1.95. The molecule has 4 rings (SSSR count). The summed E-state index contributed by atoms with van der Waals surface area (Å²) in [7, 11) is 1.64. The standard InChI is InChI=1S/C20H15ClN4OS/c1-26-16-8-2-13(3-9-16)10-24-25-19-18-17(11-27-20(18)23-12-22-19)14-4-6-15(21)7-5-14/h2-12H,1H3,(H,22,23,25)/b24-10+. The molecule has 2 heterocycles. The fraction of sp³-hybridized carbons (Fsp3) is 0.0500. The van der Waals surface area contributed by atoms with Gasteiger partial charge in [-0.25, -0.2) is 9.97 Å². The fourth-order valence-electron chi connectivity index (χ4n) is 2.66. The van der Waals surface area contributed by atoms with Crippen molar-refractivity contribution >= 4 is 45.2 Å². The van der Waals surface area contributed by atoms with Crippen LogP contribution in [0.3, 0.4) is 0 Å². The molecule has 4 aromatic rings. The number of benzene rings is 2. The molecule has 27 heavy (non-hydrogen) atoms. The number of anilines is 1. The van der Waals surface area contributed by atoms with E-state index in [0.717, 1.165) is 32.7 Å². The Balaban J connectivity index is 1.64. The van der Waals surface area contributed by atoms with Gasteiger partial charge in [0.25, 0.3) is 0 Å². The van der Waals surface area contributed by atoms with E-state index in [9.17, 15) is 0 Å². The molecule has 0 aliphatic rings. The molecule has 0 unspecified atom stereocenters. The normalized spacial score (nSPS) is 11.2. The molecule has 0 spiro atoms. The maximum absolute atomic E-state index is 6.01. The molecule has 2 aromatic heterocycles. The molecular weight excluding hydrogens is 380 g/mol. The van der Waals surface area contributed by atoms with Gasteiger partial charge >= 0.3 is 0 Å².